The predicted octanol–water partition coefficient (Wildman–Crippen LogP) is 2.64. The fourth-order valence-corrected chi connectivity index (χ4v) is 2.26. The summed E-state index contributed by atoms with van der Waals surface area (Å²) >= 11 is 0. The summed E-state index contributed by atoms with van der Waals surface area (Å²) < 4.78 is 18.4. The van der Waals surface area contributed by atoms with E-state index < -0.39 is 6.10 Å². The van der Waals surface area contributed by atoms with Gasteiger partial charge >= 0.3 is 0 Å². The number of nitrogens with one attached hydrogen (secondary N) is 1. The number of aryl methyl sites for hydroxylation is 2. The Morgan fingerprint density at radius 1 is 1.44 bits per heavy atom. The molecule has 2 aromatic rings. The molecular weight excluding hydrogens is 325 g/mol. The van der Waals surface area contributed by atoms with E-state index in [4.69, 9.17) is 4.52 Å². The van der Waals surface area contributed by atoms with Crippen LogP contribution in [0.3, 0.4) is 0 Å². The van der Waals surface area contributed by atoms with E-state index in [-0.39, 0.29) is 30.6 Å². The minimum atomic E-state index is -0.550. The monoisotopic (exact) mass is 349 g/mol. The molecule has 1 heterocycles. The van der Waals surface area contributed by atoms with Gasteiger partial charge in [0.2, 0.25) is 17.6 Å². The Labute approximate surface area is 146 Å². The summed E-state index contributed by atoms with van der Waals surface area (Å²) in [6, 6.07) is 4.59. The van der Waals surface area contributed by atoms with Crippen molar-refractivity contribution in [2.45, 2.75) is 46.1 Å². The van der Waals surface area contributed by atoms with Gasteiger partial charge in [-0.2, -0.15) is 4.98 Å². The van der Waals surface area contributed by atoms with Crippen molar-refractivity contribution in [3.63, 3.8) is 0 Å². The highest BCUT2D eigenvalue weighted by Crippen LogP contribution is 2.19. The van der Waals surface area contributed by atoms with Gasteiger partial charge in [-0.1, -0.05) is 25.4 Å². The van der Waals surface area contributed by atoms with Crippen LogP contribution >= 0.6 is 0 Å². The smallest absolute Gasteiger partial charge is 0.227 e. The van der Waals surface area contributed by atoms with E-state index in [9.17, 15) is 14.3 Å². The third-order valence-corrected chi connectivity index (χ3v) is 4.26. The highest BCUT2D eigenvalue weighted by atomic mass is 19.1. The average molecular weight is 349 g/mol. The van der Waals surface area contributed by atoms with Gasteiger partial charge in [-0.25, -0.2) is 4.39 Å². The minimum absolute atomic E-state index is 0.137. The Hall–Kier alpha value is -2.28. The molecule has 2 atom stereocenters. The Balaban J connectivity index is 1.85. The van der Waals surface area contributed by atoms with Crippen LogP contribution < -0.4 is 5.32 Å². The van der Waals surface area contributed by atoms with Crippen LogP contribution in [0.15, 0.2) is 22.7 Å². The Kier molecular flexibility index (Phi) is 6.64. The molecule has 7 heteroatoms. The van der Waals surface area contributed by atoms with E-state index in [1.807, 2.05) is 13.8 Å². The number of carbonyl (C=O) groups excluding carboxylic acids is 1. The van der Waals surface area contributed by atoms with E-state index in [2.05, 4.69) is 15.5 Å². The molecule has 2 unspecified atom stereocenters. The first-order valence-electron chi connectivity index (χ1n) is 8.44. The number of nitrogens with zero attached hydrogens (tertiary/aromatic N) is 2. The van der Waals surface area contributed by atoms with Gasteiger partial charge in [-0.05, 0) is 36.6 Å². The van der Waals surface area contributed by atoms with Crippen molar-refractivity contribution in [3.05, 3.63) is 35.5 Å². The van der Waals surface area contributed by atoms with Crippen LogP contribution in [0.25, 0.3) is 11.4 Å². The van der Waals surface area contributed by atoms with Gasteiger partial charge in [0, 0.05) is 24.9 Å². The van der Waals surface area contributed by atoms with Crippen molar-refractivity contribution in [2.75, 3.05) is 6.54 Å². The summed E-state index contributed by atoms with van der Waals surface area (Å²) in [6.45, 7) is 5.83. The van der Waals surface area contributed by atoms with Crippen molar-refractivity contribution in [1.29, 1.82) is 0 Å². The summed E-state index contributed by atoms with van der Waals surface area (Å²) in [4.78, 5) is 16.1. The van der Waals surface area contributed by atoms with Gasteiger partial charge in [0.25, 0.3) is 0 Å². The maximum atomic E-state index is 13.3. The van der Waals surface area contributed by atoms with Gasteiger partial charge in [-0.3, -0.25) is 4.79 Å². The number of hydrogen-bond acceptors (Lipinski definition) is 5. The Bertz CT molecular complexity index is 717. The van der Waals surface area contributed by atoms with E-state index in [1.165, 1.54) is 6.07 Å². The zero-order chi connectivity index (χ0) is 18.4. The lowest BCUT2D eigenvalue weighted by atomic mass is 10.0. The second-order valence-corrected chi connectivity index (χ2v) is 6.23. The van der Waals surface area contributed by atoms with Crippen LogP contribution in [-0.2, 0) is 11.2 Å². The van der Waals surface area contributed by atoms with Crippen LogP contribution in [0.5, 0.6) is 0 Å². The zero-order valence-corrected chi connectivity index (χ0v) is 14.8. The van der Waals surface area contributed by atoms with Crippen molar-refractivity contribution < 1.29 is 18.8 Å². The lowest BCUT2D eigenvalue weighted by molar-refractivity contribution is -0.121. The van der Waals surface area contributed by atoms with Gasteiger partial charge in [0.05, 0.1) is 6.10 Å². The molecule has 136 valence electrons. The van der Waals surface area contributed by atoms with Crippen molar-refractivity contribution in [2.24, 2.45) is 5.92 Å². The molecule has 0 aliphatic carbocycles. The van der Waals surface area contributed by atoms with E-state index in [1.54, 1.807) is 19.1 Å². The molecular formula is C18H24FN3O3. The highest BCUT2D eigenvalue weighted by molar-refractivity contribution is 5.76. The number of hydrogen-bond donors (Lipinski definition) is 2. The molecule has 1 aromatic carbocycles. The van der Waals surface area contributed by atoms with Crippen LogP contribution in [0.1, 0.15) is 38.1 Å². The SMILES string of the molecule is CCC(C)C(O)CNC(=O)CCc1nc(-c2ccc(F)c(C)c2)no1. The van der Waals surface area contributed by atoms with E-state index in [0.717, 1.165) is 6.42 Å². The van der Waals surface area contributed by atoms with Crippen molar-refractivity contribution >= 4 is 5.91 Å². The topological polar surface area (TPSA) is 88.2 Å². The molecule has 0 spiro atoms. The summed E-state index contributed by atoms with van der Waals surface area (Å²) in [6.07, 6.45) is 0.797. The quantitative estimate of drug-likeness (QED) is 0.765. The fraction of sp³-hybridized carbons (Fsp3) is 0.500. The molecule has 1 amide bonds. The molecule has 2 N–H and O–H groups in total. The molecule has 0 aliphatic heterocycles. The zero-order valence-electron chi connectivity index (χ0n) is 14.8. The normalized spacial score (nSPS) is 13.5. The maximum Gasteiger partial charge on any atom is 0.227 e. The molecule has 6 nitrogen and oxygen atoms in total. The van der Waals surface area contributed by atoms with Gasteiger partial charge in [-0.15, -0.1) is 0 Å². The number of benzene rings is 1. The molecule has 0 aliphatic rings. The van der Waals surface area contributed by atoms with Crippen molar-refractivity contribution in [3.8, 4) is 11.4 Å². The minimum Gasteiger partial charge on any atom is -0.391 e. The molecule has 0 bridgehead atoms. The first kappa shape index (κ1) is 19.1. The lowest BCUT2D eigenvalue weighted by Crippen LogP contribution is -2.35. The van der Waals surface area contributed by atoms with Crippen LogP contribution in [-0.4, -0.2) is 33.8 Å². The fourth-order valence-electron chi connectivity index (χ4n) is 2.26. The maximum absolute atomic E-state index is 13.3. The number of aliphatic hydroxyl groups excluding tert-OH is 1. The highest BCUT2D eigenvalue weighted by Gasteiger charge is 2.15. The van der Waals surface area contributed by atoms with Crippen LogP contribution in [0.4, 0.5) is 4.39 Å². The standard InChI is InChI=1S/C18H24FN3O3/c1-4-11(2)15(23)10-20-16(24)7-8-17-21-18(22-25-17)13-5-6-14(19)12(3)9-13/h5-6,9,11,15,23H,4,7-8,10H2,1-3H3,(H,20,24). The number of carbonyl (C=O) groups is 1. The van der Waals surface area contributed by atoms with E-state index in [0.29, 0.717) is 29.3 Å². The summed E-state index contributed by atoms with van der Waals surface area (Å²) in [5.74, 6) is 0.377. The van der Waals surface area contributed by atoms with Crippen LogP contribution in [0, 0.1) is 18.7 Å². The lowest BCUT2D eigenvalue weighted by Gasteiger charge is -2.17. The molecule has 0 saturated carbocycles. The largest absolute Gasteiger partial charge is 0.391 e. The number of rotatable bonds is 8. The number of aliphatic hydroxyl groups is 1. The summed E-state index contributed by atoms with van der Waals surface area (Å²) in [7, 11) is 0. The summed E-state index contributed by atoms with van der Waals surface area (Å²) in [5.41, 5.74) is 1.16. The number of amides is 1. The van der Waals surface area contributed by atoms with E-state index >= 15 is 0 Å². The first-order chi connectivity index (χ1) is 11.9. The van der Waals surface area contributed by atoms with Crippen LogP contribution in [0.2, 0.25) is 0 Å². The first-order valence-corrected chi connectivity index (χ1v) is 8.44. The van der Waals surface area contributed by atoms with Gasteiger partial charge < -0.3 is 14.9 Å². The Morgan fingerprint density at radius 3 is 2.88 bits per heavy atom. The second kappa shape index (κ2) is 8.71. The third kappa shape index (κ3) is 5.35. The molecule has 2 rings (SSSR count). The van der Waals surface area contributed by atoms with Gasteiger partial charge in [0.1, 0.15) is 5.82 Å². The number of aromatic nitrogens is 2. The molecule has 0 fully saturated rings. The molecule has 1 aromatic heterocycles. The Morgan fingerprint density at radius 2 is 2.20 bits per heavy atom. The van der Waals surface area contributed by atoms with Gasteiger partial charge in [0.15, 0.2) is 0 Å². The summed E-state index contributed by atoms with van der Waals surface area (Å²) in [5, 5.41) is 16.4. The second-order valence-electron chi connectivity index (χ2n) is 6.23. The predicted molar refractivity (Wildman–Crippen MR) is 91.2 cm³/mol. The third-order valence-electron chi connectivity index (χ3n) is 4.26. The molecule has 0 saturated heterocycles. The van der Waals surface area contributed by atoms with Crippen molar-refractivity contribution in [1.82, 2.24) is 15.5 Å². The number of halogens is 1. The average Bonchev–Trinajstić information content (AvgIpc) is 3.08. The molecule has 0 radical (unpaired) electrons. The molecule has 25 heavy (non-hydrogen) atoms.